The van der Waals surface area contributed by atoms with Crippen molar-refractivity contribution in [2.45, 2.75) is 19.4 Å². The summed E-state index contributed by atoms with van der Waals surface area (Å²) in [6.07, 6.45) is 3.47. The Kier molecular flexibility index (Phi) is 4.70. The first kappa shape index (κ1) is 17.4. The van der Waals surface area contributed by atoms with Crippen LogP contribution in [-0.4, -0.2) is 33.6 Å². The second-order valence-corrected chi connectivity index (χ2v) is 6.67. The number of carbonyl (C=O) groups is 1. The molecule has 1 aliphatic heterocycles. The summed E-state index contributed by atoms with van der Waals surface area (Å²) in [5.74, 6) is -0.761. The van der Waals surface area contributed by atoms with Crippen LogP contribution in [0.4, 0.5) is 14.7 Å². The number of hydrogen-bond acceptors (Lipinski definition) is 4. The number of fused-ring (bicyclic) bond motifs is 1. The molecule has 1 unspecified atom stereocenters. The van der Waals surface area contributed by atoms with E-state index in [1.54, 1.807) is 0 Å². The first-order valence-electron chi connectivity index (χ1n) is 8.88. The van der Waals surface area contributed by atoms with Gasteiger partial charge in [-0.15, -0.1) is 10.2 Å². The summed E-state index contributed by atoms with van der Waals surface area (Å²) in [5.41, 5.74) is 0.889. The molecule has 0 spiro atoms. The lowest BCUT2D eigenvalue weighted by Crippen LogP contribution is -2.43. The van der Waals surface area contributed by atoms with Gasteiger partial charge >= 0.3 is 0 Å². The molecule has 4 rings (SSSR count). The first-order valence-corrected chi connectivity index (χ1v) is 8.88. The number of piperidine rings is 1. The van der Waals surface area contributed by atoms with E-state index in [0.717, 1.165) is 43.2 Å². The number of halogens is 2. The predicted octanol–water partition coefficient (Wildman–Crippen LogP) is 2.54. The Balaban J connectivity index is 1.43. The zero-order chi connectivity index (χ0) is 18.8. The average Bonchev–Trinajstić information content (AvgIpc) is 3.13. The molecule has 0 radical (unpaired) electrons. The predicted molar refractivity (Wildman–Crippen MR) is 96.1 cm³/mol. The summed E-state index contributed by atoms with van der Waals surface area (Å²) in [4.78, 5) is 14.6. The molecule has 27 heavy (non-hydrogen) atoms. The first-order chi connectivity index (χ1) is 13.1. The molecule has 140 valence electrons. The van der Waals surface area contributed by atoms with Crippen LogP contribution in [0.1, 0.15) is 18.4 Å². The fraction of sp³-hybridized carbons (Fsp3) is 0.316. The van der Waals surface area contributed by atoms with Crippen molar-refractivity contribution in [1.29, 1.82) is 0 Å². The summed E-state index contributed by atoms with van der Waals surface area (Å²) in [6, 6.07) is 8.90. The number of nitrogens with one attached hydrogen (secondary N) is 1. The Morgan fingerprint density at radius 3 is 3.00 bits per heavy atom. The van der Waals surface area contributed by atoms with E-state index in [1.807, 2.05) is 33.7 Å². The highest BCUT2D eigenvalue weighted by Crippen LogP contribution is 2.22. The van der Waals surface area contributed by atoms with Crippen molar-refractivity contribution in [3.8, 4) is 0 Å². The lowest BCUT2D eigenvalue weighted by Gasteiger charge is -2.32. The fourth-order valence-electron chi connectivity index (χ4n) is 3.42. The lowest BCUT2D eigenvalue weighted by molar-refractivity contribution is -0.125. The topological polar surface area (TPSA) is 62.5 Å². The van der Waals surface area contributed by atoms with Crippen LogP contribution in [0.2, 0.25) is 0 Å². The lowest BCUT2D eigenvalue weighted by atomic mass is 9.97. The molecule has 1 atom stereocenters. The van der Waals surface area contributed by atoms with Gasteiger partial charge in [-0.05, 0) is 43.2 Å². The SMILES string of the molecule is O=C(NCc1cc(F)ccc1F)C1CCCN(c2nnc3ccccn23)C1. The van der Waals surface area contributed by atoms with Crippen LogP contribution >= 0.6 is 0 Å². The molecule has 3 aromatic rings. The molecular weight excluding hydrogens is 352 g/mol. The number of amides is 1. The number of carbonyl (C=O) groups excluding carboxylic acids is 1. The molecule has 3 heterocycles. The van der Waals surface area contributed by atoms with E-state index < -0.39 is 11.6 Å². The molecule has 1 N–H and O–H groups in total. The van der Waals surface area contributed by atoms with Gasteiger partial charge in [0.2, 0.25) is 11.9 Å². The van der Waals surface area contributed by atoms with Crippen LogP contribution in [0, 0.1) is 17.6 Å². The van der Waals surface area contributed by atoms with Gasteiger partial charge in [-0.2, -0.15) is 0 Å². The van der Waals surface area contributed by atoms with Crippen LogP contribution in [-0.2, 0) is 11.3 Å². The zero-order valence-electron chi connectivity index (χ0n) is 14.6. The highest BCUT2D eigenvalue weighted by Gasteiger charge is 2.28. The second kappa shape index (κ2) is 7.30. The average molecular weight is 371 g/mol. The smallest absolute Gasteiger partial charge is 0.231 e. The van der Waals surface area contributed by atoms with Gasteiger partial charge in [-0.25, -0.2) is 8.78 Å². The number of pyridine rings is 1. The van der Waals surface area contributed by atoms with Crippen molar-refractivity contribution in [3.05, 3.63) is 59.8 Å². The molecular formula is C19H19F2N5O. The Morgan fingerprint density at radius 1 is 1.22 bits per heavy atom. The highest BCUT2D eigenvalue weighted by atomic mass is 19.1. The quantitative estimate of drug-likeness (QED) is 0.766. The van der Waals surface area contributed by atoms with Gasteiger partial charge in [0.15, 0.2) is 5.65 Å². The summed E-state index contributed by atoms with van der Waals surface area (Å²) < 4.78 is 28.9. The van der Waals surface area contributed by atoms with Gasteiger partial charge in [0.25, 0.3) is 0 Å². The zero-order valence-corrected chi connectivity index (χ0v) is 14.6. The van der Waals surface area contributed by atoms with Crippen molar-refractivity contribution in [2.75, 3.05) is 18.0 Å². The standard InChI is InChI=1S/C19H19F2N5O/c20-15-6-7-16(21)14(10-15)11-22-18(27)13-4-3-8-25(12-13)19-24-23-17-5-1-2-9-26(17)19/h1-2,5-7,9-10,13H,3-4,8,11-12H2,(H,22,27). The van der Waals surface area contributed by atoms with Crippen LogP contribution < -0.4 is 10.2 Å². The van der Waals surface area contributed by atoms with Crippen molar-refractivity contribution in [3.63, 3.8) is 0 Å². The molecule has 1 aliphatic rings. The van der Waals surface area contributed by atoms with E-state index in [0.29, 0.717) is 12.5 Å². The normalized spacial score (nSPS) is 17.3. The van der Waals surface area contributed by atoms with E-state index in [2.05, 4.69) is 15.5 Å². The van der Waals surface area contributed by atoms with Crippen molar-refractivity contribution in [2.24, 2.45) is 5.92 Å². The van der Waals surface area contributed by atoms with E-state index in [9.17, 15) is 13.6 Å². The Hall–Kier alpha value is -3.03. The maximum atomic E-state index is 13.7. The van der Waals surface area contributed by atoms with E-state index in [4.69, 9.17) is 0 Å². The maximum absolute atomic E-state index is 13.7. The van der Waals surface area contributed by atoms with E-state index >= 15 is 0 Å². The van der Waals surface area contributed by atoms with Crippen molar-refractivity contribution >= 4 is 17.5 Å². The van der Waals surface area contributed by atoms with E-state index in [1.165, 1.54) is 0 Å². The highest BCUT2D eigenvalue weighted by molar-refractivity contribution is 5.79. The van der Waals surface area contributed by atoms with Crippen LogP contribution in [0.5, 0.6) is 0 Å². The van der Waals surface area contributed by atoms with Gasteiger partial charge in [-0.3, -0.25) is 9.20 Å². The molecule has 1 aromatic carbocycles. The fourth-order valence-corrected chi connectivity index (χ4v) is 3.42. The largest absolute Gasteiger partial charge is 0.352 e. The minimum absolute atomic E-state index is 0.0349. The van der Waals surface area contributed by atoms with Gasteiger partial charge in [-0.1, -0.05) is 6.07 Å². The third-order valence-corrected chi connectivity index (χ3v) is 4.83. The summed E-state index contributed by atoms with van der Waals surface area (Å²) >= 11 is 0. The van der Waals surface area contributed by atoms with Crippen LogP contribution in [0.3, 0.4) is 0 Å². The molecule has 0 saturated carbocycles. The summed E-state index contributed by atoms with van der Waals surface area (Å²) in [6.45, 7) is 1.26. The maximum Gasteiger partial charge on any atom is 0.231 e. The van der Waals surface area contributed by atoms with Gasteiger partial charge in [0.1, 0.15) is 11.6 Å². The molecule has 0 bridgehead atoms. The van der Waals surface area contributed by atoms with Gasteiger partial charge < -0.3 is 10.2 Å². The minimum atomic E-state index is -0.531. The third kappa shape index (κ3) is 3.60. The number of aromatic nitrogens is 3. The molecule has 1 saturated heterocycles. The molecule has 8 heteroatoms. The number of nitrogens with zero attached hydrogens (tertiary/aromatic N) is 4. The number of anilines is 1. The van der Waals surface area contributed by atoms with Crippen molar-refractivity contribution < 1.29 is 13.6 Å². The van der Waals surface area contributed by atoms with Gasteiger partial charge in [0.05, 0.1) is 5.92 Å². The van der Waals surface area contributed by atoms with E-state index in [-0.39, 0.29) is 23.9 Å². The molecule has 0 aliphatic carbocycles. The minimum Gasteiger partial charge on any atom is -0.352 e. The molecule has 1 fully saturated rings. The molecule has 6 nitrogen and oxygen atoms in total. The number of hydrogen-bond donors (Lipinski definition) is 1. The summed E-state index contributed by atoms with van der Waals surface area (Å²) in [7, 11) is 0. The molecule has 2 aromatic heterocycles. The Bertz CT molecular complexity index is 974. The Morgan fingerprint density at radius 2 is 2.11 bits per heavy atom. The van der Waals surface area contributed by atoms with Gasteiger partial charge in [0, 0.05) is 31.4 Å². The Labute approximate surface area is 154 Å². The third-order valence-electron chi connectivity index (χ3n) is 4.83. The van der Waals surface area contributed by atoms with Crippen molar-refractivity contribution in [1.82, 2.24) is 19.9 Å². The monoisotopic (exact) mass is 371 g/mol. The van der Waals surface area contributed by atoms with Crippen LogP contribution in [0.15, 0.2) is 42.6 Å². The number of benzene rings is 1. The number of rotatable bonds is 4. The molecule has 1 amide bonds. The summed E-state index contributed by atoms with van der Waals surface area (Å²) in [5, 5.41) is 11.1. The van der Waals surface area contributed by atoms with Crippen LogP contribution in [0.25, 0.3) is 5.65 Å². The second-order valence-electron chi connectivity index (χ2n) is 6.67.